The van der Waals surface area contributed by atoms with Crippen LogP contribution in [0.2, 0.25) is 0 Å². The van der Waals surface area contributed by atoms with E-state index in [9.17, 15) is 19.7 Å². The molecule has 7 heteroatoms. The van der Waals surface area contributed by atoms with Crippen LogP contribution in [0.15, 0.2) is 18.2 Å². The van der Waals surface area contributed by atoms with E-state index in [-0.39, 0.29) is 23.5 Å². The fraction of sp³-hybridized carbons (Fsp3) is 0.333. The van der Waals surface area contributed by atoms with Gasteiger partial charge in [0.15, 0.2) is 5.78 Å². The summed E-state index contributed by atoms with van der Waals surface area (Å²) in [5.74, 6) is -0.749. The van der Waals surface area contributed by atoms with E-state index in [1.54, 1.807) is 19.1 Å². The molecule has 0 spiro atoms. The Morgan fingerprint density at radius 3 is 2.68 bits per heavy atom. The van der Waals surface area contributed by atoms with Gasteiger partial charge in [0.05, 0.1) is 10.5 Å². The van der Waals surface area contributed by atoms with E-state index >= 15 is 0 Å². The van der Waals surface area contributed by atoms with E-state index in [1.807, 2.05) is 0 Å². The lowest BCUT2D eigenvalue weighted by Gasteiger charge is -2.11. The lowest BCUT2D eigenvalue weighted by Crippen LogP contribution is -2.17. The van der Waals surface area contributed by atoms with Crippen LogP contribution in [-0.4, -0.2) is 16.6 Å². The Labute approximate surface area is 148 Å². The summed E-state index contributed by atoms with van der Waals surface area (Å²) in [5, 5.41) is 11.1. The largest absolute Gasteiger partial charge is 0.366 e. The Bertz CT molecular complexity index is 885. The summed E-state index contributed by atoms with van der Waals surface area (Å²) < 4.78 is 0. The molecule has 0 bridgehead atoms. The van der Waals surface area contributed by atoms with Gasteiger partial charge in [-0.1, -0.05) is 12.1 Å². The van der Waals surface area contributed by atoms with Crippen LogP contribution in [0.1, 0.15) is 54.4 Å². The second-order valence-electron chi connectivity index (χ2n) is 6.23. The van der Waals surface area contributed by atoms with Crippen molar-refractivity contribution in [2.24, 2.45) is 5.73 Å². The third-order valence-electron chi connectivity index (χ3n) is 4.54. The predicted octanol–water partition coefficient (Wildman–Crippen LogP) is 3.37. The summed E-state index contributed by atoms with van der Waals surface area (Å²) in [6.45, 7) is 1.63. The normalized spacial score (nSPS) is 13.3. The van der Waals surface area contributed by atoms with E-state index < -0.39 is 10.8 Å². The maximum atomic E-state index is 12.6. The number of nitrogens with zero attached hydrogens (tertiary/aromatic N) is 1. The first-order chi connectivity index (χ1) is 11.9. The number of fused-ring (bicyclic) bond motifs is 1. The number of nitrogens with two attached hydrogens (primary N) is 1. The summed E-state index contributed by atoms with van der Waals surface area (Å²) in [5.41, 5.74) is 7.72. The van der Waals surface area contributed by atoms with Gasteiger partial charge in [-0.2, -0.15) is 0 Å². The highest BCUT2D eigenvalue weighted by molar-refractivity contribution is 7.12. The number of benzene rings is 1. The molecule has 0 saturated carbocycles. The van der Waals surface area contributed by atoms with E-state index in [4.69, 9.17) is 5.73 Å². The Balaban J connectivity index is 1.94. The Morgan fingerprint density at radius 1 is 1.28 bits per heavy atom. The fourth-order valence-electron chi connectivity index (χ4n) is 3.26. The van der Waals surface area contributed by atoms with Gasteiger partial charge in [0.25, 0.3) is 5.69 Å². The van der Waals surface area contributed by atoms with Gasteiger partial charge in [0.1, 0.15) is 0 Å². The number of carbonyl (C=O) groups excluding carboxylic acids is 2. The Kier molecular flexibility index (Phi) is 4.67. The van der Waals surface area contributed by atoms with Gasteiger partial charge >= 0.3 is 0 Å². The minimum absolute atomic E-state index is 0.0379. The number of ketones is 1. The number of rotatable bonds is 5. The van der Waals surface area contributed by atoms with Crippen molar-refractivity contribution in [2.45, 2.75) is 39.0 Å². The number of primary amides is 1. The second-order valence-corrected chi connectivity index (χ2v) is 7.42. The summed E-state index contributed by atoms with van der Waals surface area (Å²) in [6, 6.07) is 4.46. The highest BCUT2D eigenvalue weighted by atomic mass is 32.1. The summed E-state index contributed by atoms with van der Waals surface area (Å²) in [6.07, 6.45) is 3.85. The molecular formula is C18H18N2O4S. The number of nitro groups is 1. The SMILES string of the molecule is Cc1ccc(C(=O)Cc2sc3c(c2C(N)=O)CCCC3)cc1[N+](=O)[O-]. The third kappa shape index (κ3) is 3.32. The number of nitro benzene ring substituents is 1. The molecule has 1 aliphatic rings. The van der Waals surface area contributed by atoms with Crippen molar-refractivity contribution < 1.29 is 14.5 Å². The molecule has 1 aliphatic carbocycles. The van der Waals surface area contributed by atoms with Crippen molar-refractivity contribution in [3.8, 4) is 0 Å². The van der Waals surface area contributed by atoms with Crippen LogP contribution >= 0.6 is 11.3 Å². The summed E-state index contributed by atoms with van der Waals surface area (Å²) >= 11 is 1.47. The average Bonchev–Trinajstić information content (AvgIpc) is 2.92. The molecule has 25 heavy (non-hydrogen) atoms. The highest BCUT2D eigenvalue weighted by Crippen LogP contribution is 2.35. The third-order valence-corrected chi connectivity index (χ3v) is 5.83. The van der Waals surface area contributed by atoms with Crippen molar-refractivity contribution in [3.63, 3.8) is 0 Å². The van der Waals surface area contributed by atoms with E-state index in [2.05, 4.69) is 0 Å². The standard InChI is InChI=1S/C18H18N2O4S/c1-10-6-7-11(8-13(10)20(23)24)14(21)9-16-17(18(19)22)12-4-2-3-5-15(12)25-16/h6-8H,2-5,9H2,1H3,(H2,19,22). The number of amides is 1. The minimum atomic E-state index is -0.503. The van der Waals surface area contributed by atoms with Gasteiger partial charge in [-0.05, 0) is 38.2 Å². The minimum Gasteiger partial charge on any atom is -0.366 e. The second kappa shape index (κ2) is 6.76. The van der Waals surface area contributed by atoms with E-state index in [1.165, 1.54) is 17.4 Å². The average molecular weight is 358 g/mol. The van der Waals surface area contributed by atoms with Crippen molar-refractivity contribution >= 4 is 28.7 Å². The van der Waals surface area contributed by atoms with Crippen LogP contribution in [0.4, 0.5) is 5.69 Å². The molecule has 6 nitrogen and oxygen atoms in total. The molecule has 1 aromatic carbocycles. The van der Waals surface area contributed by atoms with Gasteiger partial charge < -0.3 is 5.73 Å². The number of carbonyl (C=O) groups is 2. The van der Waals surface area contributed by atoms with Gasteiger partial charge in [-0.3, -0.25) is 19.7 Å². The molecule has 2 N–H and O–H groups in total. The number of aryl methyl sites for hydroxylation is 2. The van der Waals surface area contributed by atoms with E-state index in [0.29, 0.717) is 16.0 Å². The molecule has 0 unspecified atom stereocenters. The zero-order chi connectivity index (χ0) is 18.1. The van der Waals surface area contributed by atoms with Crippen molar-refractivity contribution in [3.05, 3.63) is 60.3 Å². The van der Waals surface area contributed by atoms with Gasteiger partial charge in [0.2, 0.25) is 5.91 Å². The summed E-state index contributed by atoms with van der Waals surface area (Å²) in [7, 11) is 0. The smallest absolute Gasteiger partial charge is 0.273 e. The summed E-state index contributed by atoms with van der Waals surface area (Å²) in [4.78, 5) is 36.9. The van der Waals surface area contributed by atoms with Crippen LogP contribution in [0, 0.1) is 17.0 Å². The number of thiophene rings is 1. The van der Waals surface area contributed by atoms with Crippen molar-refractivity contribution in [1.82, 2.24) is 0 Å². The first kappa shape index (κ1) is 17.3. The molecule has 1 heterocycles. The molecule has 0 aliphatic heterocycles. The maximum absolute atomic E-state index is 12.6. The zero-order valence-corrected chi connectivity index (χ0v) is 14.6. The Hall–Kier alpha value is -2.54. The lowest BCUT2D eigenvalue weighted by atomic mass is 9.93. The first-order valence-electron chi connectivity index (χ1n) is 8.10. The molecule has 0 saturated heterocycles. The van der Waals surface area contributed by atoms with Gasteiger partial charge in [-0.25, -0.2) is 0 Å². The fourth-order valence-corrected chi connectivity index (χ4v) is 4.66. The first-order valence-corrected chi connectivity index (χ1v) is 8.91. The lowest BCUT2D eigenvalue weighted by molar-refractivity contribution is -0.385. The van der Waals surface area contributed by atoms with Crippen LogP contribution in [0.25, 0.3) is 0 Å². The molecule has 1 amide bonds. The number of hydrogen-bond donors (Lipinski definition) is 1. The zero-order valence-electron chi connectivity index (χ0n) is 13.8. The molecule has 0 radical (unpaired) electrons. The number of hydrogen-bond acceptors (Lipinski definition) is 5. The van der Waals surface area contributed by atoms with Crippen molar-refractivity contribution in [1.29, 1.82) is 0 Å². The monoisotopic (exact) mass is 358 g/mol. The maximum Gasteiger partial charge on any atom is 0.273 e. The van der Waals surface area contributed by atoms with Crippen LogP contribution in [-0.2, 0) is 19.3 Å². The molecule has 130 valence electrons. The van der Waals surface area contributed by atoms with E-state index in [0.717, 1.165) is 36.1 Å². The van der Waals surface area contributed by atoms with Crippen LogP contribution in [0.5, 0.6) is 0 Å². The molecule has 0 atom stereocenters. The molecule has 0 fully saturated rings. The molecular weight excluding hydrogens is 340 g/mol. The highest BCUT2D eigenvalue weighted by Gasteiger charge is 2.25. The van der Waals surface area contributed by atoms with Gasteiger partial charge in [-0.15, -0.1) is 11.3 Å². The molecule has 1 aromatic heterocycles. The van der Waals surface area contributed by atoms with Crippen molar-refractivity contribution in [2.75, 3.05) is 0 Å². The topological polar surface area (TPSA) is 103 Å². The Morgan fingerprint density at radius 2 is 2.00 bits per heavy atom. The van der Waals surface area contributed by atoms with Crippen LogP contribution < -0.4 is 5.73 Å². The quantitative estimate of drug-likeness (QED) is 0.503. The molecule has 3 rings (SSSR count). The van der Waals surface area contributed by atoms with Gasteiger partial charge in [0, 0.05) is 33.4 Å². The predicted molar refractivity (Wildman–Crippen MR) is 95.3 cm³/mol. The molecule has 2 aromatic rings. The van der Waals surface area contributed by atoms with Crippen LogP contribution in [0.3, 0.4) is 0 Å². The number of Topliss-reactive ketones (excluding diaryl/α,β-unsaturated/α-hetero) is 1.